The lowest BCUT2D eigenvalue weighted by Crippen LogP contribution is -2.41. The van der Waals surface area contributed by atoms with Crippen molar-refractivity contribution < 1.29 is 9.31 Å². The molecular formula is C19H27BN2O2. The van der Waals surface area contributed by atoms with Crippen molar-refractivity contribution in [1.82, 2.24) is 9.78 Å². The zero-order valence-corrected chi connectivity index (χ0v) is 15.6. The zero-order valence-electron chi connectivity index (χ0n) is 15.6. The molecule has 5 heteroatoms. The van der Waals surface area contributed by atoms with Crippen LogP contribution in [0.5, 0.6) is 0 Å². The van der Waals surface area contributed by atoms with Crippen LogP contribution < -0.4 is 5.46 Å². The van der Waals surface area contributed by atoms with Crippen molar-refractivity contribution in [1.29, 1.82) is 0 Å². The van der Waals surface area contributed by atoms with Gasteiger partial charge >= 0.3 is 7.12 Å². The van der Waals surface area contributed by atoms with Gasteiger partial charge in [0.25, 0.3) is 0 Å². The van der Waals surface area contributed by atoms with E-state index >= 15 is 0 Å². The highest BCUT2D eigenvalue weighted by molar-refractivity contribution is 6.62. The van der Waals surface area contributed by atoms with Crippen LogP contribution in [0.3, 0.4) is 0 Å². The van der Waals surface area contributed by atoms with Crippen molar-refractivity contribution in [3.05, 3.63) is 23.9 Å². The molecule has 2 aromatic rings. The van der Waals surface area contributed by atoms with Crippen LogP contribution in [0.2, 0.25) is 0 Å². The van der Waals surface area contributed by atoms with E-state index in [0.717, 1.165) is 16.9 Å². The van der Waals surface area contributed by atoms with E-state index in [1.807, 2.05) is 0 Å². The lowest BCUT2D eigenvalue weighted by Gasteiger charge is -2.32. The third-order valence-electron chi connectivity index (χ3n) is 6.09. The third-order valence-corrected chi connectivity index (χ3v) is 6.09. The summed E-state index contributed by atoms with van der Waals surface area (Å²) in [6, 6.07) is 4.81. The Morgan fingerprint density at radius 1 is 1.17 bits per heavy atom. The molecule has 2 fully saturated rings. The minimum absolute atomic E-state index is 0.314. The number of nitrogens with zero attached hydrogens (tertiary/aromatic N) is 2. The molecule has 1 saturated carbocycles. The number of rotatable bonds is 3. The van der Waals surface area contributed by atoms with E-state index < -0.39 is 0 Å². The Hall–Kier alpha value is -1.33. The quantitative estimate of drug-likeness (QED) is 0.809. The summed E-state index contributed by atoms with van der Waals surface area (Å²) >= 11 is 0. The third kappa shape index (κ3) is 2.49. The van der Waals surface area contributed by atoms with Gasteiger partial charge in [-0.05, 0) is 71.3 Å². The van der Waals surface area contributed by atoms with Gasteiger partial charge in [-0.25, -0.2) is 0 Å². The summed E-state index contributed by atoms with van der Waals surface area (Å²) in [5.41, 5.74) is 2.72. The Morgan fingerprint density at radius 3 is 2.38 bits per heavy atom. The van der Waals surface area contributed by atoms with Crippen molar-refractivity contribution in [2.75, 3.05) is 0 Å². The molecule has 4 rings (SSSR count). The summed E-state index contributed by atoms with van der Waals surface area (Å²) in [6.07, 6.45) is 4.84. The van der Waals surface area contributed by atoms with E-state index in [1.54, 1.807) is 0 Å². The molecule has 4 nitrogen and oxygen atoms in total. The van der Waals surface area contributed by atoms with Crippen LogP contribution >= 0.6 is 0 Å². The van der Waals surface area contributed by atoms with Crippen molar-refractivity contribution >= 4 is 23.5 Å². The molecule has 0 spiro atoms. The van der Waals surface area contributed by atoms with E-state index in [2.05, 4.69) is 64.6 Å². The average Bonchev–Trinajstić information content (AvgIpc) is 3.19. The minimum Gasteiger partial charge on any atom is -0.399 e. The highest BCUT2D eigenvalue weighted by atomic mass is 16.7. The van der Waals surface area contributed by atoms with Crippen molar-refractivity contribution in [2.24, 2.45) is 5.92 Å². The van der Waals surface area contributed by atoms with Gasteiger partial charge in [0.15, 0.2) is 0 Å². The second kappa shape index (κ2) is 5.09. The second-order valence-electron chi connectivity index (χ2n) is 8.55. The molecule has 128 valence electrons. The van der Waals surface area contributed by atoms with Crippen LogP contribution in [-0.2, 0) is 9.31 Å². The van der Waals surface area contributed by atoms with Crippen LogP contribution in [0, 0.1) is 12.8 Å². The highest BCUT2D eigenvalue weighted by Crippen LogP contribution is 2.40. The van der Waals surface area contributed by atoms with Gasteiger partial charge in [-0.3, -0.25) is 4.68 Å². The summed E-state index contributed by atoms with van der Waals surface area (Å²) in [5, 5.41) is 6.01. The van der Waals surface area contributed by atoms with Crippen LogP contribution in [0.4, 0.5) is 0 Å². The predicted molar refractivity (Wildman–Crippen MR) is 97.6 cm³/mol. The van der Waals surface area contributed by atoms with E-state index in [1.165, 1.54) is 23.8 Å². The molecule has 24 heavy (non-hydrogen) atoms. The second-order valence-corrected chi connectivity index (χ2v) is 8.55. The van der Waals surface area contributed by atoms with Gasteiger partial charge < -0.3 is 9.31 Å². The summed E-state index contributed by atoms with van der Waals surface area (Å²) in [7, 11) is -0.317. The first-order valence-electron chi connectivity index (χ1n) is 9.03. The van der Waals surface area contributed by atoms with E-state index in [0.29, 0.717) is 6.04 Å². The largest absolute Gasteiger partial charge is 0.494 e. The molecule has 0 radical (unpaired) electrons. The fourth-order valence-corrected chi connectivity index (χ4v) is 3.48. The van der Waals surface area contributed by atoms with Crippen molar-refractivity contribution in [2.45, 2.75) is 71.6 Å². The van der Waals surface area contributed by atoms with Gasteiger partial charge in [0.2, 0.25) is 0 Å². The zero-order chi connectivity index (χ0) is 17.3. The maximum atomic E-state index is 6.21. The number of fused-ring (bicyclic) bond motifs is 1. The Bertz CT molecular complexity index is 776. The fraction of sp³-hybridized carbons (Fsp3) is 0.632. The molecule has 2 heterocycles. The Balaban J connectivity index is 1.70. The van der Waals surface area contributed by atoms with Gasteiger partial charge in [0, 0.05) is 11.6 Å². The highest BCUT2D eigenvalue weighted by Gasteiger charge is 2.51. The summed E-state index contributed by atoms with van der Waals surface area (Å²) in [5.74, 6) is 0.794. The number of aryl methyl sites for hydroxylation is 1. The van der Waals surface area contributed by atoms with Crippen LogP contribution in [0.1, 0.15) is 59.1 Å². The molecule has 1 aliphatic heterocycles. The molecule has 1 aliphatic carbocycles. The van der Waals surface area contributed by atoms with Crippen LogP contribution in [-0.4, -0.2) is 28.1 Å². The summed E-state index contributed by atoms with van der Waals surface area (Å²) in [6.45, 7) is 12.8. The number of aromatic nitrogens is 2. The number of benzene rings is 1. The molecule has 2 aliphatic rings. The van der Waals surface area contributed by atoms with Gasteiger partial charge in [-0.1, -0.05) is 12.1 Å². The number of hydrogen-bond acceptors (Lipinski definition) is 3. The first-order chi connectivity index (χ1) is 11.2. The number of hydrogen-bond donors (Lipinski definition) is 0. The monoisotopic (exact) mass is 326 g/mol. The standard InChI is InChI=1S/C19H27BN2O2/c1-12-9-16(20-23-18(3,4)19(5,6)24-20)10-15-11-22(21-17(12)15)13(2)14-7-8-14/h9-11,13-14H,7-8H2,1-6H3. The maximum Gasteiger partial charge on any atom is 0.494 e. The van der Waals surface area contributed by atoms with Gasteiger partial charge in [0.05, 0.1) is 22.8 Å². The normalized spacial score (nSPS) is 23.8. The maximum absolute atomic E-state index is 6.21. The lowest BCUT2D eigenvalue weighted by atomic mass is 9.78. The van der Waals surface area contributed by atoms with Crippen molar-refractivity contribution in [3.8, 4) is 0 Å². The van der Waals surface area contributed by atoms with Gasteiger partial charge in [0.1, 0.15) is 0 Å². The van der Waals surface area contributed by atoms with E-state index in [4.69, 9.17) is 14.4 Å². The molecule has 0 bridgehead atoms. The lowest BCUT2D eigenvalue weighted by molar-refractivity contribution is 0.00578. The fourth-order valence-electron chi connectivity index (χ4n) is 3.48. The average molecular weight is 326 g/mol. The van der Waals surface area contributed by atoms with E-state index in [-0.39, 0.29) is 18.3 Å². The Kier molecular flexibility index (Phi) is 3.43. The summed E-state index contributed by atoms with van der Waals surface area (Å²) < 4.78 is 14.6. The molecular weight excluding hydrogens is 299 g/mol. The SMILES string of the molecule is Cc1cc(B2OC(C)(C)C(C)(C)O2)cc2cn(C(C)C3CC3)nc12. The van der Waals surface area contributed by atoms with Gasteiger partial charge in [-0.15, -0.1) is 0 Å². The Morgan fingerprint density at radius 2 is 1.79 bits per heavy atom. The van der Waals surface area contributed by atoms with Crippen molar-refractivity contribution in [3.63, 3.8) is 0 Å². The van der Waals surface area contributed by atoms with Crippen LogP contribution in [0.25, 0.3) is 10.9 Å². The first-order valence-corrected chi connectivity index (χ1v) is 9.03. The molecule has 1 aromatic carbocycles. The smallest absolute Gasteiger partial charge is 0.399 e. The van der Waals surface area contributed by atoms with Crippen LogP contribution in [0.15, 0.2) is 18.3 Å². The molecule has 1 saturated heterocycles. The minimum atomic E-state index is -0.317. The molecule has 1 aromatic heterocycles. The molecule has 1 unspecified atom stereocenters. The molecule has 0 amide bonds. The van der Waals surface area contributed by atoms with Gasteiger partial charge in [-0.2, -0.15) is 5.10 Å². The topological polar surface area (TPSA) is 36.3 Å². The predicted octanol–water partition coefficient (Wildman–Crippen LogP) is 3.61. The first kappa shape index (κ1) is 16.2. The summed E-state index contributed by atoms with van der Waals surface area (Å²) in [4.78, 5) is 0. The van der Waals surface area contributed by atoms with E-state index in [9.17, 15) is 0 Å². The molecule has 0 N–H and O–H groups in total. The Labute approximate surface area is 144 Å². The molecule has 1 atom stereocenters.